The summed E-state index contributed by atoms with van der Waals surface area (Å²) in [5.74, 6) is -0.119. The smallest absolute Gasteiger partial charge is 0.307 e. The number of benzene rings is 2. The Bertz CT molecular complexity index is 729. The first-order valence-corrected chi connectivity index (χ1v) is 8.31. The van der Waals surface area contributed by atoms with Crippen molar-refractivity contribution >= 4 is 29.4 Å². The van der Waals surface area contributed by atoms with Gasteiger partial charge in [-0.15, -0.1) is 11.8 Å². The summed E-state index contributed by atoms with van der Waals surface area (Å²) in [6, 6.07) is 13.1. The number of hydrogen-bond donors (Lipinski definition) is 2. The van der Waals surface area contributed by atoms with Crippen LogP contribution in [-0.2, 0) is 4.79 Å². The predicted octanol–water partition coefficient (Wildman–Crippen LogP) is 4.05. The number of rotatable bonds is 4. The van der Waals surface area contributed by atoms with Gasteiger partial charge in [-0.05, 0) is 44.0 Å². The molecule has 0 aliphatic carbocycles. The van der Waals surface area contributed by atoms with Crippen LogP contribution in [0.2, 0.25) is 0 Å². The molecule has 2 rings (SSSR count). The van der Waals surface area contributed by atoms with Crippen LogP contribution < -0.4 is 10.6 Å². The minimum Gasteiger partial charge on any atom is -0.307 e. The van der Waals surface area contributed by atoms with Crippen molar-refractivity contribution in [1.82, 2.24) is 5.32 Å². The fraction of sp³-hybridized carbons (Fsp3) is 0.222. The Morgan fingerprint density at radius 3 is 2.43 bits per heavy atom. The Morgan fingerprint density at radius 1 is 1.00 bits per heavy atom. The van der Waals surface area contributed by atoms with Crippen molar-refractivity contribution in [2.24, 2.45) is 0 Å². The van der Waals surface area contributed by atoms with Crippen LogP contribution in [0.1, 0.15) is 16.7 Å². The molecular formula is C18H20N2O2S. The minimum absolute atomic E-state index is 0.200. The average Bonchev–Trinajstić information content (AvgIpc) is 2.49. The zero-order valence-corrected chi connectivity index (χ0v) is 14.3. The van der Waals surface area contributed by atoms with Crippen molar-refractivity contribution < 1.29 is 9.59 Å². The van der Waals surface area contributed by atoms with E-state index in [-0.39, 0.29) is 11.7 Å². The standard InChI is InChI=1S/C18H20N2O2S/c1-12-8-9-15(14(3)10-12)19-18(22)20-17(21)11-23-16-7-5-4-6-13(16)2/h4-10H,11H2,1-3H3,(H2,19,20,21,22). The SMILES string of the molecule is Cc1ccc(NC(=O)NC(=O)CSc2ccccc2C)c(C)c1. The summed E-state index contributed by atoms with van der Waals surface area (Å²) in [6.07, 6.45) is 0. The molecule has 2 aromatic rings. The first-order chi connectivity index (χ1) is 11.0. The molecule has 2 N–H and O–H groups in total. The van der Waals surface area contributed by atoms with Gasteiger partial charge >= 0.3 is 6.03 Å². The third kappa shape index (κ3) is 5.14. The van der Waals surface area contributed by atoms with Crippen LogP contribution in [0.5, 0.6) is 0 Å². The van der Waals surface area contributed by atoms with Gasteiger partial charge in [0.25, 0.3) is 0 Å². The molecule has 0 unspecified atom stereocenters. The fourth-order valence-corrected chi connectivity index (χ4v) is 2.96. The number of carbonyl (C=O) groups excluding carboxylic acids is 2. The molecular weight excluding hydrogens is 308 g/mol. The molecule has 0 saturated heterocycles. The highest BCUT2D eigenvalue weighted by Crippen LogP contribution is 2.21. The highest BCUT2D eigenvalue weighted by atomic mass is 32.2. The van der Waals surface area contributed by atoms with Crippen molar-refractivity contribution in [2.45, 2.75) is 25.7 Å². The number of amides is 3. The van der Waals surface area contributed by atoms with E-state index in [9.17, 15) is 9.59 Å². The van der Waals surface area contributed by atoms with Gasteiger partial charge in [0.2, 0.25) is 5.91 Å². The van der Waals surface area contributed by atoms with E-state index in [0.29, 0.717) is 5.69 Å². The molecule has 0 atom stereocenters. The van der Waals surface area contributed by atoms with Gasteiger partial charge in [-0.1, -0.05) is 35.9 Å². The van der Waals surface area contributed by atoms with Crippen LogP contribution in [0.3, 0.4) is 0 Å². The lowest BCUT2D eigenvalue weighted by molar-refractivity contribution is -0.117. The van der Waals surface area contributed by atoms with Gasteiger partial charge in [-0.3, -0.25) is 10.1 Å². The van der Waals surface area contributed by atoms with E-state index in [1.807, 2.05) is 63.2 Å². The maximum absolute atomic E-state index is 11.9. The van der Waals surface area contributed by atoms with Crippen molar-refractivity contribution in [2.75, 3.05) is 11.1 Å². The number of nitrogens with one attached hydrogen (secondary N) is 2. The van der Waals surface area contributed by atoms with Gasteiger partial charge in [0, 0.05) is 10.6 Å². The molecule has 0 aliphatic rings. The highest BCUT2D eigenvalue weighted by molar-refractivity contribution is 8.00. The van der Waals surface area contributed by atoms with Gasteiger partial charge in [-0.25, -0.2) is 4.79 Å². The van der Waals surface area contributed by atoms with E-state index in [2.05, 4.69) is 10.6 Å². The molecule has 0 spiro atoms. The van der Waals surface area contributed by atoms with Crippen molar-refractivity contribution in [3.8, 4) is 0 Å². The molecule has 4 nitrogen and oxygen atoms in total. The third-order valence-electron chi connectivity index (χ3n) is 3.34. The van der Waals surface area contributed by atoms with E-state index in [1.165, 1.54) is 11.8 Å². The third-order valence-corrected chi connectivity index (χ3v) is 4.51. The summed E-state index contributed by atoms with van der Waals surface area (Å²) < 4.78 is 0. The van der Waals surface area contributed by atoms with Crippen molar-refractivity contribution in [3.05, 3.63) is 59.2 Å². The van der Waals surface area contributed by atoms with Gasteiger partial charge in [0.05, 0.1) is 5.75 Å². The van der Waals surface area contributed by atoms with E-state index >= 15 is 0 Å². The monoisotopic (exact) mass is 328 g/mol. The molecule has 2 aromatic carbocycles. The Morgan fingerprint density at radius 2 is 1.74 bits per heavy atom. The molecule has 0 saturated carbocycles. The quantitative estimate of drug-likeness (QED) is 0.832. The fourth-order valence-electron chi connectivity index (χ4n) is 2.13. The predicted molar refractivity (Wildman–Crippen MR) is 95.0 cm³/mol. The molecule has 0 radical (unpaired) electrons. The summed E-state index contributed by atoms with van der Waals surface area (Å²) >= 11 is 1.42. The Balaban J connectivity index is 1.85. The lowest BCUT2D eigenvalue weighted by Crippen LogP contribution is -2.35. The lowest BCUT2D eigenvalue weighted by Gasteiger charge is -2.10. The number of thioether (sulfide) groups is 1. The van der Waals surface area contributed by atoms with Crippen LogP contribution in [0.25, 0.3) is 0 Å². The largest absolute Gasteiger partial charge is 0.325 e. The van der Waals surface area contributed by atoms with E-state index in [0.717, 1.165) is 21.6 Å². The van der Waals surface area contributed by atoms with E-state index < -0.39 is 6.03 Å². The second kappa shape index (κ2) is 7.83. The molecule has 0 bridgehead atoms. The van der Waals surface area contributed by atoms with Gasteiger partial charge in [0.15, 0.2) is 0 Å². The number of aryl methyl sites for hydroxylation is 3. The van der Waals surface area contributed by atoms with Crippen molar-refractivity contribution in [3.63, 3.8) is 0 Å². The first kappa shape index (κ1) is 17.1. The summed E-state index contributed by atoms with van der Waals surface area (Å²) in [7, 11) is 0. The zero-order valence-electron chi connectivity index (χ0n) is 13.5. The van der Waals surface area contributed by atoms with Crippen LogP contribution in [0.4, 0.5) is 10.5 Å². The molecule has 0 heterocycles. The number of imide groups is 1. The Hall–Kier alpha value is -2.27. The number of urea groups is 1. The second-order valence-electron chi connectivity index (χ2n) is 5.37. The van der Waals surface area contributed by atoms with Crippen molar-refractivity contribution in [1.29, 1.82) is 0 Å². The highest BCUT2D eigenvalue weighted by Gasteiger charge is 2.10. The van der Waals surface area contributed by atoms with Crippen LogP contribution in [0, 0.1) is 20.8 Å². The topological polar surface area (TPSA) is 58.2 Å². The molecule has 5 heteroatoms. The molecule has 0 aliphatic heterocycles. The molecule has 3 amide bonds. The first-order valence-electron chi connectivity index (χ1n) is 7.32. The summed E-state index contributed by atoms with van der Waals surface area (Å²) in [5, 5.41) is 5.05. The second-order valence-corrected chi connectivity index (χ2v) is 6.39. The van der Waals surface area contributed by atoms with E-state index in [1.54, 1.807) is 0 Å². The van der Waals surface area contributed by atoms with Gasteiger partial charge in [0.1, 0.15) is 0 Å². The zero-order chi connectivity index (χ0) is 16.8. The lowest BCUT2D eigenvalue weighted by atomic mass is 10.1. The Kier molecular flexibility index (Phi) is 5.82. The minimum atomic E-state index is -0.507. The summed E-state index contributed by atoms with van der Waals surface area (Å²) in [6.45, 7) is 5.90. The molecule has 23 heavy (non-hydrogen) atoms. The maximum atomic E-state index is 11.9. The van der Waals surface area contributed by atoms with Crippen LogP contribution in [-0.4, -0.2) is 17.7 Å². The normalized spacial score (nSPS) is 10.2. The van der Waals surface area contributed by atoms with Crippen LogP contribution in [0.15, 0.2) is 47.4 Å². The van der Waals surface area contributed by atoms with Gasteiger partial charge < -0.3 is 5.32 Å². The van der Waals surface area contributed by atoms with Gasteiger partial charge in [-0.2, -0.15) is 0 Å². The number of anilines is 1. The maximum Gasteiger partial charge on any atom is 0.325 e. The van der Waals surface area contributed by atoms with Crippen LogP contribution >= 0.6 is 11.8 Å². The number of hydrogen-bond acceptors (Lipinski definition) is 3. The summed E-state index contributed by atoms with van der Waals surface area (Å²) in [4.78, 5) is 24.8. The molecule has 0 fully saturated rings. The number of carbonyl (C=O) groups is 2. The molecule has 0 aromatic heterocycles. The van der Waals surface area contributed by atoms with E-state index in [4.69, 9.17) is 0 Å². The summed E-state index contributed by atoms with van der Waals surface area (Å²) in [5.41, 5.74) is 3.90. The Labute approximate surface area is 140 Å². The molecule has 120 valence electrons. The average molecular weight is 328 g/mol.